The molecule has 0 unspecified atom stereocenters. The Morgan fingerprint density at radius 3 is 3.00 bits per heavy atom. The van der Waals surface area contributed by atoms with Gasteiger partial charge in [0.2, 0.25) is 4.96 Å². The molecule has 1 N–H and O–H groups in total. The summed E-state index contributed by atoms with van der Waals surface area (Å²) in [5, 5.41) is 17.0. The number of aryl methyl sites for hydroxylation is 1. The number of hydrogen-bond acceptors (Lipinski definition) is 5. The fourth-order valence-electron chi connectivity index (χ4n) is 1.73. The van der Waals surface area contributed by atoms with Crippen LogP contribution in [0.5, 0.6) is 0 Å². The van der Waals surface area contributed by atoms with E-state index in [1.165, 1.54) is 0 Å². The van der Waals surface area contributed by atoms with Crippen LogP contribution in [0.25, 0.3) is 15.5 Å². The number of imidazole rings is 1. The van der Waals surface area contributed by atoms with E-state index in [1.54, 1.807) is 27.2 Å². The highest BCUT2D eigenvalue weighted by Gasteiger charge is 2.17. The molecule has 0 aliphatic heterocycles. The fourth-order valence-corrected chi connectivity index (χ4v) is 3.31. The third-order valence-corrected chi connectivity index (χ3v) is 4.47. The highest BCUT2D eigenvalue weighted by molar-refractivity contribution is 7.16. The van der Waals surface area contributed by atoms with Gasteiger partial charge in [0.25, 0.3) is 0 Å². The van der Waals surface area contributed by atoms with Crippen molar-refractivity contribution in [3.05, 3.63) is 28.2 Å². The lowest BCUT2D eigenvalue weighted by atomic mass is 10.3. The van der Waals surface area contributed by atoms with Crippen molar-refractivity contribution < 1.29 is 5.11 Å². The van der Waals surface area contributed by atoms with E-state index in [1.807, 2.05) is 17.5 Å². The van der Waals surface area contributed by atoms with E-state index in [2.05, 4.69) is 17.0 Å². The minimum atomic E-state index is -0.0404. The normalized spacial score (nSPS) is 11.4. The zero-order valence-electron chi connectivity index (χ0n) is 9.25. The first-order valence-corrected chi connectivity index (χ1v) is 7.05. The van der Waals surface area contributed by atoms with Crippen LogP contribution in [-0.4, -0.2) is 19.7 Å². The maximum Gasteiger partial charge on any atom is 0.213 e. The van der Waals surface area contributed by atoms with Gasteiger partial charge in [0.15, 0.2) is 0 Å². The smallest absolute Gasteiger partial charge is 0.213 e. The number of aliphatic hydroxyl groups excluding tert-OH is 1. The number of hydrogen-bond donors (Lipinski definition) is 1. The van der Waals surface area contributed by atoms with Gasteiger partial charge < -0.3 is 5.11 Å². The van der Waals surface area contributed by atoms with Gasteiger partial charge in [0.1, 0.15) is 10.7 Å². The summed E-state index contributed by atoms with van der Waals surface area (Å²) < 4.78 is 1.76. The van der Waals surface area contributed by atoms with Crippen molar-refractivity contribution in [2.45, 2.75) is 20.0 Å². The predicted molar refractivity (Wildman–Crippen MR) is 69.5 cm³/mol. The quantitative estimate of drug-likeness (QED) is 0.792. The molecule has 3 aromatic rings. The van der Waals surface area contributed by atoms with Crippen LogP contribution in [0.4, 0.5) is 0 Å². The molecule has 0 spiro atoms. The maximum absolute atomic E-state index is 9.49. The lowest BCUT2D eigenvalue weighted by Crippen LogP contribution is -1.95. The summed E-state index contributed by atoms with van der Waals surface area (Å²) >= 11 is 3.20. The molecule has 6 heteroatoms. The lowest BCUT2D eigenvalue weighted by molar-refractivity contribution is 0.275. The molecule has 0 bridgehead atoms. The van der Waals surface area contributed by atoms with Crippen LogP contribution in [0.2, 0.25) is 0 Å². The Bertz CT molecular complexity index is 639. The summed E-state index contributed by atoms with van der Waals surface area (Å²) in [5.41, 5.74) is 1.63. The first-order valence-electron chi connectivity index (χ1n) is 5.35. The van der Waals surface area contributed by atoms with Crippen LogP contribution >= 0.6 is 22.7 Å². The molecule has 0 saturated carbocycles. The van der Waals surface area contributed by atoms with E-state index in [4.69, 9.17) is 0 Å². The Morgan fingerprint density at radius 1 is 1.47 bits per heavy atom. The van der Waals surface area contributed by atoms with Crippen LogP contribution in [0.1, 0.15) is 17.6 Å². The Labute approximate surface area is 106 Å². The minimum Gasteiger partial charge on any atom is -0.390 e. The van der Waals surface area contributed by atoms with Crippen LogP contribution in [0.3, 0.4) is 0 Å². The summed E-state index contributed by atoms with van der Waals surface area (Å²) in [7, 11) is 0. The van der Waals surface area contributed by atoms with Gasteiger partial charge in [-0.2, -0.15) is 5.10 Å². The van der Waals surface area contributed by atoms with Crippen LogP contribution in [-0.2, 0) is 13.0 Å². The van der Waals surface area contributed by atoms with Gasteiger partial charge in [-0.25, -0.2) is 9.50 Å². The van der Waals surface area contributed by atoms with Crippen molar-refractivity contribution >= 4 is 27.6 Å². The average Bonchev–Trinajstić information content (AvgIpc) is 3.02. The van der Waals surface area contributed by atoms with Crippen molar-refractivity contribution in [1.29, 1.82) is 0 Å². The fraction of sp³-hybridized carbons (Fsp3) is 0.273. The molecule has 0 aliphatic rings. The van der Waals surface area contributed by atoms with Crippen molar-refractivity contribution in [2.75, 3.05) is 0 Å². The van der Waals surface area contributed by atoms with Gasteiger partial charge in [0, 0.05) is 0 Å². The molecule has 4 nitrogen and oxygen atoms in total. The van der Waals surface area contributed by atoms with Crippen molar-refractivity contribution in [3.63, 3.8) is 0 Å². The van der Waals surface area contributed by atoms with Gasteiger partial charge >= 0.3 is 0 Å². The number of aliphatic hydroxyl groups is 1. The summed E-state index contributed by atoms with van der Waals surface area (Å²) in [5.74, 6) is 0. The van der Waals surface area contributed by atoms with Gasteiger partial charge in [-0.15, -0.1) is 11.3 Å². The van der Waals surface area contributed by atoms with E-state index >= 15 is 0 Å². The second-order valence-electron chi connectivity index (χ2n) is 3.59. The molecule has 0 fully saturated rings. The zero-order chi connectivity index (χ0) is 11.8. The second kappa shape index (κ2) is 4.21. The largest absolute Gasteiger partial charge is 0.390 e. The number of fused-ring (bicyclic) bond motifs is 1. The highest BCUT2D eigenvalue weighted by Crippen LogP contribution is 2.30. The molecule has 88 valence electrons. The van der Waals surface area contributed by atoms with Gasteiger partial charge in [-0.05, 0) is 17.9 Å². The Kier molecular flexibility index (Phi) is 2.70. The van der Waals surface area contributed by atoms with Crippen molar-refractivity contribution in [3.8, 4) is 10.6 Å². The summed E-state index contributed by atoms with van der Waals surface area (Å²) in [4.78, 5) is 6.49. The second-order valence-corrected chi connectivity index (χ2v) is 5.57. The van der Waals surface area contributed by atoms with Crippen LogP contribution < -0.4 is 0 Å². The third kappa shape index (κ3) is 1.69. The number of thiophene rings is 1. The molecule has 0 radical (unpaired) electrons. The number of rotatable bonds is 3. The summed E-state index contributed by atoms with van der Waals surface area (Å²) in [6.45, 7) is 2.03. The van der Waals surface area contributed by atoms with E-state index in [-0.39, 0.29) is 6.61 Å². The Hall–Kier alpha value is -1.24. The van der Waals surface area contributed by atoms with Gasteiger partial charge in [0.05, 0.1) is 17.2 Å². The van der Waals surface area contributed by atoms with Crippen molar-refractivity contribution in [1.82, 2.24) is 14.6 Å². The molecule has 3 rings (SSSR count). The SMILES string of the molecule is CCc1nn2c(CO)c(-c3cccs3)nc2s1. The van der Waals surface area contributed by atoms with Crippen LogP contribution in [0, 0.1) is 0 Å². The van der Waals surface area contributed by atoms with E-state index in [0.717, 1.165) is 32.7 Å². The first kappa shape index (κ1) is 10.9. The Balaban J connectivity index is 2.23. The molecule has 0 atom stereocenters. The minimum absolute atomic E-state index is 0.0404. The number of nitrogens with zero attached hydrogens (tertiary/aromatic N) is 3. The molecule has 0 saturated heterocycles. The molecule has 0 amide bonds. The first-order chi connectivity index (χ1) is 8.33. The molecular formula is C11H11N3OS2. The lowest BCUT2D eigenvalue weighted by Gasteiger charge is -1.96. The van der Waals surface area contributed by atoms with E-state index < -0.39 is 0 Å². The Morgan fingerprint density at radius 2 is 2.35 bits per heavy atom. The molecule has 0 aromatic carbocycles. The van der Waals surface area contributed by atoms with Gasteiger partial charge in [-0.1, -0.05) is 24.3 Å². The van der Waals surface area contributed by atoms with Crippen LogP contribution in [0.15, 0.2) is 17.5 Å². The van der Waals surface area contributed by atoms with Gasteiger partial charge in [-0.3, -0.25) is 0 Å². The van der Waals surface area contributed by atoms with E-state index in [0.29, 0.717) is 0 Å². The molecule has 3 heterocycles. The van der Waals surface area contributed by atoms with E-state index in [9.17, 15) is 5.11 Å². The maximum atomic E-state index is 9.49. The zero-order valence-corrected chi connectivity index (χ0v) is 10.9. The summed E-state index contributed by atoms with van der Waals surface area (Å²) in [6, 6.07) is 4.00. The topological polar surface area (TPSA) is 50.4 Å². The van der Waals surface area contributed by atoms with Crippen molar-refractivity contribution in [2.24, 2.45) is 0 Å². The molecule has 17 heavy (non-hydrogen) atoms. The predicted octanol–water partition coefficient (Wildman–Crippen LogP) is 2.57. The average molecular weight is 265 g/mol. The summed E-state index contributed by atoms with van der Waals surface area (Å²) in [6.07, 6.45) is 0.896. The highest BCUT2D eigenvalue weighted by atomic mass is 32.1. The standard InChI is InChI=1S/C11H11N3OS2/c1-2-9-13-14-7(6-15)10(12-11(14)17-9)8-4-3-5-16-8/h3-5,15H,2,6H2,1H3. The number of aromatic nitrogens is 3. The molecule has 3 aromatic heterocycles. The third-order valence-electron chi connectivity index (χ3n) is 2.55. The monoisotopic (exact) mass is 265 g/mol. The molecule has 0 aliphatic carbocycles. The molecular weight excluding hydrogens is 254 g/mol.